The molecule has 2 atom stereocenters. The van der Waals surface area contributed by atoms with Gasteiger partial charge in [0.05, 0.1) is 17.0 Å². The molecule has 6 N–H and O–H groups in total. The summed E-state index contributed by atoms with van der Waals surface area (Å²) >= 11 is 0. The summed E-state index contributed by atoms with van der Waals surface area (Å²) in [7, 11) is -3.72. The van der Waals surface area contributed by atoms with Crippen LogP contribution in [0.1, 0.15) is 38.9 Å². The van der Waals surface area contributed by atoms with Crippen molar-refractivity contribution in [3.8, 4) is 0 Å². The Kier molecular flexibility index (Phi) is 8.95. The van der Waals surface area contributed by atoms with E-state index in [1.807, 2.05) is 30.5 Å². The summed E-state index contributed by atoms with van der Waals surface area (Å²) in [5.74, 6) is -0.228. The number of fused-ring (bicyclic) bond motifs is 1. The summed E-state index contributed by atoms with van der Waals surface area (Å²) in [6.07, 6.45) is 2.00. The van der Waals surface area contributed by atoms with Gasteiger partial charge in [0, 0.05) is 47.1 Å². The number of sulfonamides is 1. The quantitative estimate of drug-likeness (QED) is 0.175. The maximum atomic E-state index is 12.7. The highest BCUT2D eigenvalue weighted by atomic mass is 32.2. The lowest BCUT2D eigenvalue weighted by molar-refractivity contribution is -0.117. The first-order chi connectivity index (χ1) is 18.9. The number of β-amino-alcohol motifs (C(OH)–C–C–N with tert-alkyl or cyclic N) is 1. The Hall–Kier alpha value is -3.70. The molecule has 212 valence electrons. The molecule has 0 saturated carbocycles. The van der Waals surface area contributed by atoms with E-state index in [9.17, 15) is 18.3 Å². The van der Waals surface area contributed by atoms with Gasteiger partial charge in [-0.05, 0) is 81.3 Å². The molecular weight excluding hydrogens is 526 g/mol. The Morgan fingerprint density at radius 3 is 2.48 bits per heavy atom. The molecule has 2 unspecified atom stereocenters. The van der Waals surface area contributed by atoms with Gasteiger partial charge in [-0.2, -0.15) is 0 Å². The van der Waals surface area contributed by atoms with Crippen molar-refractivity contribution in [3.05, 3.63) is 90.6 Å². The van der Waals surface area contributed by atoms with Gasteiger partial charge in [-0.25, -0.2) is 8.42 Å². The molecule has 4 aromatic rings. The molecule has 1 amide bonds. The number of benzene rings is 3. The maximum absolute atomic E-state index is 12.7. The second kappa shape index (κ2) is 12.2. The van der Waals surface area contributed by atoms with E-state index >= 15 is 0 Å². The Morgan fingerprint density at radius 1 is 1.00 bits per heavy atom. The number of aliphatic hydroxyl groups excluding tert-OH is 1. The van der Waals surface area contributed by atoms with Crippen molar-refractivity contribution in [2.75, 3.05) is 16.6 Å². The number of aliphatic hydroxyl groups is 1. The molecule has 1 heterocycles. The monoisotopic (exact) mass is 563 g/mol. The third kappa shape index (κ3) is 7.48. The van der Waals surface area contributed by atoms with E-state index in [2.05, 4.69) is 33.8 Å². The Bertz CT molecular complexity index is 1570. The number of aryl methyl sites for hydroxylation is 1. The zero-order valence-corrected chi connectivity index (χ0v) is 23.8. The zero-order chi connectivity index (χ0) is 28.9. The standard InChI is InChI=1S/C30H37N5O4S/c1-21(31)29(37)33-24-12-13-27-22(18-24)14-16-35(27)17-15-30(2,3)32-20-28(36)23-8-7-9-25(19-23)34-40(38,39)26-10-5-4-6-11-26/h4-14,16,18-19,21,28,32,34,36H,15,17,20,31H2,1-3H3,(H,33,37). The lowest BCUT2D eigenvalue weighted by Crippen LogP contribution is -2.42. The Labute approximate surface area is 235 Å². The molecule has 9 nitrogen and oxygen atoms in total. The molecule has 4 rings (SSSR count). The number of hydrogen-bond donors (Lipinski definition) is 5. The van der Waals surface area contributed by atoms with Crippen molar-refractivity contribution in [3.63, 3.8) is 0 Å². The fourth-order valence-electron chi connectivity index (χ4n) is 4.33. The molecule has 1 aromatic heterocycles. The average Bonchev–Trinajstić information content (AvgIpc) is 3.33. The number of anilines is 2. The second-order valence-electron chi connectivity index (χ2n) is 10.6. The van der Waals surface area contributed by atoms with Crippen molar-refractivity contribution in [2.24, 2.45) is 5.73 Å². The number of rotatable bonds is 12. The highest BCUT2D eigenvalue weighted by Gasteiger charge is 2.20. The molecule has 0 fully saturated rings. The third-order valence-electron chi connectivity index (χ3n) is 6.78. The van der Waals surface area contributed by atoms with Gasteiger partial charge < -0.3 is 26.0 Å². The second-order valence-corrected chi connectivity index (χ2v) is 12.3. The number of carbonyl (C=O) groups excluding carboxylic acids is 1. The summed E-state index contributed by atoms with van der Waals surface area (Å²) in [4.78, 5) is 12.1. The largest absolute Gasteiger partial charge is 0.387 e. The summed E-state index contributed by atoms with van der Waals surface area (Å²) in [6, 6.07) is 22.2. The van der Waals surface area contributed by atoms with Crippen molar-refractivity contribution >= 4 is 38.2 Å². The molecule has 0 aliphatic rings. The zero-order valence-electron chi connectivity index (χ0n) is 23.0. The topological polar surface area (TPSA) is 138 Å². The predicted octanol–water partition coefficient (Wildman–Crippen LogP) is 4.22. The minimum absolute atomic E-state index is 0.174. The minimum atomic E-state index is -3.72. The normalized spacial score (nSPS) is 13.6. The molecule has 0 bridgehead atoms. The van der Waals surface area contributed by atoms with Gasteiger partial charge in [0.1, 0.15) is 0 Å². The summed E-state index contributed by atoms with van der Waals surface area (Å²) in [5.41, 5.74) is 8.13. The van der Waals surface area contributed by atoms with Crippen LogP contribution in [0, 0.1) is 0 Å². The number of hydrogen-bond acceptors (Lipinski definition) is 6. The first-order valence-corrected chi connectivity index (χ1v) is 14.7. The SMILES string of the molecule is CC(N)C(=O)Nc1ccc2c(ccn2CCC(C)(C)NCC(O)c2cccc(NS(=O)(=O)c3ccccc3)c2)c1. The fourth-order valence-corrected chi connectivity index (χ4v) is 5.40. The van der Waals surface area contributed by atoms with Crippen LogP contribution < -0.4 is 21.1 Å². The summed E-state index contributed by atoms with van der Waals surface area (Å²) < 4.78 is 30.1. The average molecular weight is 564 g/mol. The van der Waals surface area contributed by atoms with Gasteiger partial charge >= 0.3 is 0 Å². The maximum Gasteiger partial charge on any atom is 0.261 e. The molecule has 0 aliphatic carbocycles. The Morgan fingerprint density at radius 2 is 1.75 bits per heavy atom. The molecular formula is C30H37N5O4S. The van der Waals surface area contributed by atoms with Gasteiger partial charge in [-0.3, -0.25) is 9.52 Å². The van der Waals surface area contributed by atoms with Crippen LogP contribution in [0.25, 0.3) is 10.9 Å². The third-order valence-corrected chi connectivity index (χ3v) is 8.18. The van der Waals surface area contributed by atoms with Crippen molar-refractivity contribution in [2.45, 2.75) is 56.3 Å². The number of amides is 1. The van der Waals surface area contributed by atoms with Crippen LogP contribution in [0.15, 0.2) is 90.0 Å². The highest BCUT2D eigenvalue weighted by molar-refractivity contribution is 7.92. The molecule has 10 heteroatoms. The van der Waals surface area contributed by atoms with Crippen LogP contribution in [0.3, 0.4) is 0 Å². The number of nitrogens with two attached hydrogens (primary N) is 1. The van der Waals surface area contributed by atoms with Gasteiger partial charge in [0.2, 0.25) is 5.91 Å². The van der Waals surface area contributed by atoms with Crippen LogP contribution in [0.2, 0.25) is 0 Å². The molecule has 0 aliphatic heterocycles. The predicted molar refractivity (Wildman–Crippen MR) is 160 cm³/mol. The molecule has 3 aromatic carbocycles. The van der Waals surface area contributed by atoms with E-state index in [-0.39, 0.29) is 16.3 Å². The first kappa shape index (κ1) is 29.3. The van der Waals surface area contributed by atoms with Crippen molar-refractivity contribution in [1.82, 2.24) is 9.88 Å². The number of nitrogens with one attached hydrogen (secondary N) is 3. The van der Waals surface area contributed by atoms with E-state index in [4.69, 9.17) is 5.73 Å². The first-order valence-electron chi connectivity index (χ1n) is 13.2. The van der Waals surface area contributed by atoms with E-state index in [1.54, 1.807) is 49.4 Å². The van der Waals surface area contributed by atoms with E-state index in [0.717, 1.165) is 23.9 Å². The van der Waals surface area contributed by atoms with Crippen LogP contribution in [0.4, 0.5) is 11.4 Å². The van der Waals surface area contributed by atoms with E-state index in [0.29, 0.717) is 23.5 Å². The number of carbonyl (C=O) groups is 1. The number of aromatic nitrogens is 1. The summed E-state index contributed by atoms with van der Waals surface area (Å²) in [5, 5.41) is 18.1. The van der Waals surface area contributed by atoms with Crippen LogP contribution in [-0.4, -0.2) is 42.1 Å². The lowest BCUT2D eigenvalue weighted by atomic mass is 9.99. The van der Waals surface area contributed by atoms with Crippen LogP contribution >= 0.6 is 0 Å². The smallest absolute Gasteiger partial charge is 0.261 e. The van der Waals surface area contributed by atoms with E-state index in [1.165, 1.54) is 12.1 Å². The molecule has 0 radical (unpaired) electrons. The molecule has 0 saturated heterocycles. The van der Waals surface area contributed by atoms with Gasteiger partial charge in [0.15, 0.2) is 0 Å². The molecule has 0 spiro atoms. The van der Waals surface area contributed by atoms with Gasteiger partial charge in [-0.1, -0.05) is 30.3 Å². The minimum Gasteiger partial charge on any atom is -0.387 e. The lowest BCUT2D eigenvalue weighted by Gasteiger charge is -2.28. The summed E-state index contributed by atoms with van der Waals surface area (Å²) in [6.45, 7) is 6.86. The van der Waals surface area contributed by atoms with Gasteiger partial charge in [0.25, 0.3) is 10.0 Å². The van der Waals surface area contributed by atoms with Crippen LogP contribution in [0.5, 0.6) is 0 Å². The number of nitrogens with zero attached hydrogens (tertiary/aromatic N) is 1. The van der Waals surface area contributed by atoms with Crippen molar-refractivity contribution in [1.29, 1.82) is 0 Å². The van der Waals surface area contributed by atoms with E-state index < -0.39 is 22.2 Å². The van der Waals surface area contributed by atoms with Crippen LogP contribution in [-0.2, 0) is 21.4 Å². The highest BCUT2D eigenvalue weighted by Crippen LogP contribution is 2.24. The fraction of sp³-hybridized carbons (Fsp3) is 0.300. The van der Waals surface area contributed by atoms with Crippen molar-refractivity contribution < 1.29 is 18.3 Å². The Balaban J connectivity index is 1.33. The van der Waals surface area contributed by atoms with Gasteiger partial charge in [-0.15, -0.1) is 0 Å². The molecule has 40 heavy (non-hydrogen) atoms.